The number of benzene rings is 2. The fraction of sp³-hybridized carbons (Fsp3) is 0.188. The van der Waals surface area contributed by atoms with E-state index >= 15 is 0 Å². The van der Waals surface area contributed by atoms with Gasteiger partial charge in [-0.05, 0) is 42.0 Å². The molecule has 0 unspecified atom stereocenters. The summed E-state index contributed by atoms with van der Waals surface area (Å²) >= 11 is 6.14. The summed E-state index contributed by atoms with van der Waals surface area (Å²) in [5.74, 6) is 1.42. The van der Waals surface area contributed by atoms with E-state index in [1.54, 1.807) is 50.6 Å². The Bertz CT molecular complexity index is 606. The van der Waals surface area contributed by atoms with Gasteiger partial charge in [0.15, 0.2) is 5.78 Å². The van der Waals surface area contributed by atoms with Gasteiger partial charge in [-0.3, -0.25) is 4.79 Å². The first kappa shape index (κ1) is 14.4. The van der Waals surface area contributed by atoms with E-state index in [9.17, 15) is 4.79 Å². The number of hydrogen-bond donors (Lipinski definition) is 0. The first-order valence-corrected chi connectivity index (χ1v) is 6.51. The quantitative estimate of drug-likeness (QED) is 0.786. The lowest BCUT2D eigenvalue weighted by atomic mass is 10.0. The van der Waals surface area contributed by atoms with Gasteiger partial charge in [-0.2, -0.15) is 0 Å². The van der Waals surface area contributed by atoms with Crippen molar-refractivity contribution in [2.45, 2.75) is 6.42 Å². The number of ether oxygens (including phenoxy) is 2. The van der Waals surface area contributed by atoms with Gasteiger partial charge in [0.05, 0.1) is 14.2 Å². The fourth-order valence-electron chi connectivity index (χ4n) is 1.85. The molecule has 3 nitrogen and oxygen atoms in total. The van der Waals surface area contributed by atoms with Gasteiger partial charge < -0.3 is 9.47 Å². The second kappa shape index (κ2) is 6.44. The van der Waals surface area contributed by atoms with E-state index in [4.69, 9.17) is 21.1 Å². The number of carbonyl (C=O) groups is 1. The third-order valence-corrected chi connectivity index (χ3v) is 3.38. The maximum atomic E-state index is 12.2. The van der Waals surface area contributed by atoms with Gasteiger partial charge in [-0.1, -0.05) is 17.7 Å². The average molecular weight is 291 g/mol. The van der Waals surface area contributed by atoms with Crippen LogP contribution in [0.1, 0.15) is 15.9 Å². The van der Waals surface area contributed by atoms with Crippen molar-refractivity contribution in [3.05, 3.63) is 58.6 Å². The SMILES string of the molecule is COc1ccc(C(=O)Cc2ccc(OC)cc2Cl)cc1. The first-order chi connectivity index (χ1) is 9.63. The van der Waals surface area contributed by atoms with Crippen molar-refractivity contribution in [1.82, 2.24) is 0 Å². The van der Waals surface area contributed by atoms with Crippen molar-refractivity contribution < 1.29 is 14.3 Å². The van der Waals surface area contributed by atoms with Crippen LogP contribution in [0.5, 0.6) is 11.5 Å². The topological polar surface area (TPSA) is 35.5 Å². The van der Waals surface area contributed by atoms with Gasteiger partial charge in [0.25, 0.3) is 0 Å². The Morgan fingerprint density at radius 3 is 2.15 bits per heavy atom. The molecule has 2 aromatic rings. The molecule has 0 N–H and O–H groups in total. The Labute approximate surface area is 123 Å². The molecule has 4 heteroatoms. The molecule has 0 bridgehead atoms. The van der Waals surface area contributed by atoms with Crippen molar-refractivity contribution >= 4 is 17.4 Å². The zero-order chi connectivity index (χ0) is 14.5. The van der Waals surface area contributed by atoms with E-state index in [1.807, 2.05) is 6.07 Å². The second-order valence-corrected chi connectivity index (χ2v) is 4.69. The molecule has 0 aliphatic rings. The number of methoxy groups -OCH3 is 2. The molecule has 0 aliphatic carbocycles. The van der Waals surface area contributed by atoms with E-state index in [2.05, 4.69) is 0 Å². The maximum absolute atomic E-state index is 12.2. The standard InChI is InChI=1S/C16H15ClO3/c1-19-13-6-3-11(4-7-13)16(18)9-12-5-8-14(20-2)10-15(12)17/h3-8,10H,9H2,1-2H3. The molecule has 0 amide bonds. The van der Waals surface area contributed by atoms with Crippen LogP contribution in [0.15, 0.2) is 42.5 Å². The molecule has 2 aromatic carbocycles. The molecule has 2 rings (SSSR count). The molecule has 20 heavy (non-hydrogen) atoms. The molecule has 0 radical (unpaired) electrons. The van der Waals surface area contributed by atoms with Crippen LogP contribution in [0.2, 0.25) is 5.02 Å². The van der Waals surface area contributed by atoms with Crippen molar-refractivity contribution in [1.29, 1.82) is 0 Å². The Balaban J connectivity index is 2.14. The zero-order valence-corrected chi connectivity index (χ0v) is 12.1. The molecule has 0 spiro atoms. The number of hydrogen-bond acceptors (Lipinski definition) is 3. The zero-order valence-electron chi connectivity index (χ0n) is 11.4. The molecule has 0 heterocycles. The minimum Gasteiger partial charge on any atom is -0.497 e. The minimum absolute atomic E-state index is 0.0136. The predicted molar refractivity (Wildman–Crippen MR) is 79.0 cm³/mol. The Hall–Kier alpha value is -2.00. The summed E-state index contributed by atoms with van der Waals surface area (Å²) in [5.41, 5.74) is 1.42. The number of rotatable bonds is 5. The van der Waals surface area contributed by atoms with Gasteiger partial charge in [-0.15, -0.1) is 0 Å². The molecule has 0 saturated heterocycles. The Morgan fingerprint density at radius 1 is 1.00 bits per heavy atom. The van der Waals surface area contributed by atoms with Gasteiger partial charge in [0.2, 0.25) is 0 Å². The Morgan fingerprint density at radius 2 is 1.60 bits per heavy atom. The lowest BCUT2D eigenvalue weighted by molar-refractivity contribution is 0.0993. The minimum atomic E-state index is 0.0136. The summed E-state index contributed by atoms with van der Waals surface area (Å²) in [5, 5.41) is 0.534. The van der Waals surface area contributed by atoms with Gasteiger partial charge >= 0.3 is 0 Å². The van der Waals surface area contributed by atoms with Crippen LogP contribution in [-0.2, 0) is 6.42 Å². The van der Waals surface area contributed by atoms with Gasteiger partial charge in [0.1, 0.15) is 11.5 Å². The maximum Gasteiger partial charge on any atom is 0.167 e. The smallest absolute Gasteiger partial charge is 0.167 e. The molecule has 0 atom stereocenters. The molecular formula is C16H15ClO3. The monoisotopic (exact) mass is 290 g/mol. The van der Waals surface area contributed by atoms with Crippen molar-refractivity contribution in [3.63, 3.8) is 0 Å². The number of carbonyl (C=O) groups excluding carboxylic acids is 1. The highest BCUT2D eigenvalue weighted by Crippen LogP contribution is 2.24. The summed E-state index contributed by atoms with van der Waals surface area (Å²) in [6.45, 7) is 0. The van der Waals surface area contributed by atoms with Gasteiger partial charge in [-0.25, -0.2) is 0 Å². The molecular weight excluding hydrogens is 276 g/mol. The number of ketones is 1. The van der Waals surface area contributed by atoms with E-state index < -0.39 is 0 Å². The molecule has 0 aromatic heterocycles. The van der Waals surface area contributed by atoms with Crippen LogP contribution < -0.4 is 9.47 Å². The molecule has 0 saturated carbocycles. The third-order valence-electron chi connectivity index (χ3n) is 3.02. The lowest BCUT2D eigenvalue weighted by Crippen LogP contribution is -2.04. The molecule has 104 valence electrons. The number of halogens is 1. The highest BCUT2D eigenvalue weighted by Gasteiger charge is 2.10. The summed E-state index contributed by atoms with van der Waals surface area (Å²) in [6.07, 6.45) is 0.259. The van der Waals surface area contributed by atoms with Crippen LogP contribution in [0, 0.1) is 0 Å². The number of Topliss-reactive ketones (excluding diaryl/α,β-unsaturated/α-hetero) is 1. The van der Waals surface area contributed by atoms with E-state index in [0.29, 0.717) is 16.3 Å². The van der Waals surface area contributed by atoms with Crippen LogP contribution >= 0.6 is 11.6 Å². The van der Waals surface area contributed by atoms with Gasteiger partial charge in [0, 0.05) is 17.0 Å². The summed E-state index contributed by atoms with van der Waals surface area (Å²) < 4.78 is 10.1. The van der Waals surface area contributed by atoms with Crippen molar-refractivity contribution in [3.8, 4) is 11.5 Å². The highest BCUT2D eigenvalue weighted by atomic mass is 35.5. The predicted octanol–water partition coefficient (Wildman–Crippen LogP) is 3.78. The summed E-state index contributed by atoms with van der Waals surface area (Å²) in [4.78, 5) is 12.2. The lowest BCUT2D eigenvalue weighted by Gasteiger charge is -2.07. The van der Waals surface area contributed by atoms with Crippen LogP contribution in [0.4, 0.5) is 0 Å². The average Bonchev–Trinajstić information content (AvgIpc) is 2.49. The molecule has 0 aliphatic heterocycles. The van der Waals surface area contributed by atoms with Crippen LogP contribution in [0.25, 0.3) is 0 Å². The first-order valence-electron chi connectivity index (χ1n) is 6.13. The van der Waals surface area contributed by atoms with E-state index in [-0.39, 0.29) is 12.2 Å². The van der Waals surface area contributed by atoms with Crippen LogP contribution in [-0.4, -0.2) is 20.0 Å². The van der Waals surface area contributed by atoms with E-state index in [0.717, 1.165) is 11.3 Å². The van der Waals surface area contributed by atoms with Crippen molar-refractivity contribution in [2.24, 2.45) is 0 Å². The van der Waals surface area contributed by atoms with Crippen LogP contribution in [0.3, 0.4) is 0 Å². The highest BCUT2D eigenvalue weighted by molar-refractivity contribution is 6.31. The third kappa shape index (κ3) is 3.31. The van der Waals surface area contributed by atoms with E-state index in [1.165, 1.54) is 0 Å². The molecule has 0 fully saturated rings. The van der Waals surface area contributed by atoms with Crippen molar-refractivity contribution in [2.75, 3.05) is 14.2 Å². The largest absolute Gasteiger partial charge is 0.497 e. The fourth-order valence-corrected chi connectivity index (χ4v) is 2.09. The summed E-state index contributed by atoms with van der Waals surface area (Å²) in [6, 6.07) is 12.3. The normalized spacial score (nSPS) is 10.2. The Kier molecular flexibility index (Phi) is 4.64. The summed E-state index contributed by atoms with van der Waals surface area (Å²) in [7, 11) is 3.17. The second-order valence-electron chi connectivity index (χ2n) is 4.29.